The molecule has 4 rings (SSSR count). The van der Waals surface area contributed by atoms with Crippen LogP contribution in [0.1, 0.15) is 91.9 Å². The molecule has 0 bridgehead atoms. The molecule has 0 radical (unpaired) electrons. The zero-order valence-electron chi connectivity index (χ0n) is 18.9. The molecular formula is C25H42O4. The molecule has 4 fully saturated rings. The molecule has 0 saturated heterocycles. The molecule has 0 aromatic carbocycles. The summed E-state index contributed by atoms with van der Waals surface area (Å²) in [5.41, 5.74) is 0.394. The molecule has 4 saturated carbocycles. The van der Waals surface area contributed by atoms with Crippen molar-refractivity contribution in [2.45, 2.75) is 104 Å². The fourth-order valence-corrected chi connectivity index (χ4v) is 9.35. The third kappa shape index (κ3) is 3.11. The lowest BCUT2D eigenvalue weighted by Crippen LogP contribution is -2.63. The molecule has 0 heterocycles. The van der Waals surface area contributed by atoms with Crippen LogP contribution in [0.5, 0.6) is 0 Å². The zero-order valence-corrected chi connectivity index (χ0v) is 18.9. The second kappa shape index (κ2) is 7.22. The molecular weight excluding hydrogens is 364 g/mol. The predicted octanol–water partition coefficient (Wildman–Crippen LogP) is 4.87. The SMILES string of the molecule is C[C@H](CCC(=O)O)[C@H]1CC[C@H]2[C@]3(C)CC[C@@H]4C[C@@H](O)CC[C@]4(C)[C@H]3C[C@H](O)[C@]12C. The van der Waals surface area contributed by atoms with Gasteiger partial charge >= 0.3 is 5.97 Å². The number of carboxylic acid groups (broad SMARTS) is 1. The lowest BCUT2D eigenvalue weighted by molar-refractivity contribution is -0.214. The van der Waals surface area contributed by atoms with E-state index in [4.69, 9.17) is 5.11 Å². The minimum Gasteiger partial charge on any atom is -0.481 e. The fraction of sp³-hybridized carbons (Fsp3) is 0.960. The minimum atomic E-state index is -0.710. The zero-order chi connectivity index (χ0) is 21.2. The van der Waals surface area contributed by atoms with Crippen LogP contribution >= 0.6 is 0 Å². The lowest BCUT2D eigenvalue weighted by atomic mass is 9.38. The topological polar surface area (TPSA) is 77.8 Å². The first-order valence-electron chi connectivity index (χ1n) is 12.1. The van der Waals surface area contributed by atoms with Gasteiger partial charge in [-0.2, -0.15) is 0 Å². The Labute approximate surface area is 176 Å². The van der Waals surface area contributed by atoms with Crippen LogP contribution in [0.4, 0.5) is 0 Å². The van der Waals surface area contributed by atoms with Crippen LogP contribution in [0.15, 0.2) is 0 Å². The van der Waals surface area contributed by atoms with Crippen molar-refractivity contribution >= 4 is 5.97 Å². The quantitative estimate of drug-likeness (QED) is 0.622. The average Bonchev–Trinajstić information content (AvgIpc) is 3.03. The van der Waals surface area contributed by atoms with Crippen molar-refractivity contribution in [3.63, 3.8) is 0 Å². The third-order valence-electron chi connectivity index (χ3n) is 10.9. The largest absolute Gasteiger partial charge is 0.481 e. The number of aliphatic hydroxyl groups excluding tert-OH is 2. The first kappa shape index (κ1) is 21.6. The third-order valence-corrected chi connectivity index (χ3v) is 10.9. The molecule has 4 nitrogen and oxygen atoms in total. The lowest BCUT2D eigenvalue weighted by Gasteiger charge is -2.67. The number of hydrogen-bond acceptors (Lipinski definition) is 3. The number of fused-ring (bicyclic) bond motifs is 5. The van der Waals surface area contributed by atoms with Crippen molar-refractivity contribution in [3.8, 4) is 0 Å². The fourth-order valence-electron chi connectivity index (χ4n) is 9.35. The van der Waals surface area contributed by atoms with Crippen molar-refractivity contribution in [1.29, 1.82) is 0 Å². The van der Waals surface area contributed by atoms with Gasteiger partial charge in [0.05, 0.1) is 12.2 Å². The highest BCUT2D eigenvalue weighted by Crippen LogP contribution is 2.72. The Hall–Kier alpha value is -0.610. The molecule has 0 aliphatic heterocycles. The Bertz CT molecular complexity index is 649. The standard InChI is InChI=1S/C25H42O4/c1-15(5-8-22(28)29)18-6-7-19-24(3)11-9-16-13-17(26)10-12-23(16,2)20(24)14-21(27)25(18,19)4/h15-21,26-27H,5-14H2,1-4H3,(H,28,29)/t15-,16-,17+,18-,19+,20-,21+,23+,24+,25-/m1/s1. The summed E-state index contributed by atoms with van der Waals surface area (Å²) < 4.78 is 0. The number of aliphatic carboxylic acids is 1. The molecule has 0 unspecified atom stereocenters. The second-order valence-corrected chi connectivity index (χ2v) is 12.0. The van der Waals surface area contributed by atoms with E-state index in [0.717, 1.165) is 32.1 Å². The van der Waals surface area contributed by atoms with E-state index >= 15 is 0 Å². The number of carbonyl (C=O) groups is 1. The van der Waals surface area contributed by atoms with Crippen LogP contribution in [-0.2, 0) is 4.79 Å². The van der Waals surface area contributed by atoms with Crippen LogP contribution in [0, 0.1) is 45.8 Å². The molecule has 0 amide bonds. The van der Waals surface area contributed by atoms with Gasteiger partial charge in [0.25, 0.3) is 0 Å². The summed E-state index contributed by atoms with van der Waals surface area (Å²) in [6.07, 6.45) is 9.06. The maximum atomic E-state index is 11.6. The van der Waals surface area contributed by atoms with E-state index in [2.05, 4.69) is 27.7 Å². The Kier molecular flexibility index (Phi) is 5.38. The monoisotopic (exact) mass is 406 g/mol. The van der Waals surface area contributed by atoms with Gasteiger partial charge in [-0.15, -0.1) is 0 Å². The first-order valence-corrected chi connectivity index (χ1v) is 12.1. The summed E-state index contributed by atoms with van der Waals surface area (Å²) in [6.45, 7) is 9.52. The Morgan fingerprint density at radius 1 is 0.966 bits per heavy atom. The van der Waals surface area contributed by atoms with E-state index in [0.29, 0.717) is 36.0 Å². The van der Waals surface area contributed by atoms with Gasteiger partial charge in [0.15, 0.2) is 0 Å². The highest BCUT2D eigenvalue weighted by atomic mass is 16.4. The summed E-state index contributed by atoms with van der Waals surface area (Å²) in [7, 11) is 0. The van der Waals surface area contributed by atoms with Gasteiger partial charge in [0, 0.05) is 6.42 Å². The second-order valence-electron chi connectivity index (χ2n) is 12.0. The number of rotatable bonds is 4. The Morgan fingerprint density at radius 3 is 2.34 bits per heavy atom. The molecule has 166 valence electrons. The van der Waals surface area contributed by atoms with Gasteiger partial charge in [-0.25, -0.2) is 0 Å². The summed E-state index contributed by atoms with van der Waals surface area (Å²) in [6, 6.07) is 0. The van der Waals surface area contributed by atoms with Crippen LogP contribution in [0.2, 0.25) is 0 Å². The van der Waals surface area contributed by atoms with Gasteiger partial charge in [-0.1, -0.05) is 27.7 Å². The number of aliphatic hydroxyl groups is 2. The molecule has 10 atom stereocenters. The minimum absolute atomic E-state index is 0.0967. The van der Waals surface area contributed by atoms with E-state index in [1.165, 1.54) is 19.3 Å². The van der Waals surface area contributed by atoms with Gasteiger partial charge in [0.2, 0.25) is 0 Å². The molecule has 29 heavy (non-hydrogen) atoms. The summed E-state index contributed by atoms with van der Waals surface area (Å²) in [5, 5.41) is 31.0. The van der Waals surface area contributed by atoms with E-state index in [1.807, 2.05) is 0 Å². The summed E-state index contributed by atoms with van der Waals surface area (Å²) in [5.74, 6) is 1.69. The Morgan fingerprint density at radius 2 is 1.66 bits per heavy atom. The van der Waals surface area contributed by atoms with Crippen LogP contribution in [0.25, 0.3) is 0 Å². The van der Waals surface area contributed by atoms with Crippen molar-refractivity contribution in [3.05, 3.63) is 0 Å². The smallest absolute Gasteiger partial charge is 0.303 e. The van der Waals surface area contributed by atoms with E-state index in [-0.39, 0.29) is 34.9 Å². The van der Waals surface area contributed by atoms with Crippen LogP contribution < -0.4 is 0 Å². The van der Waals surface area contributed by atoms with Crippen molar-refractivity contribution in [2.75, 3.05) is 0 Å². The van der Waals surface area contributed by atoms with Gasteiger partial charge in [0.1, 0.15) is 0 Å². The number of carboxylic acids is 1. The Balaban J connectivity index is 1.62. The normalized spacial score (nSPS) is 52.9. The predicted molar refractivity (Wildman–Crippen MR) is 113 cm³/mol. The van der Waals surface area contributed by atoms with E-state index in [9.17, 15) is 15.0 Å². The van der Waals surface area contributed by atoms with Gasteiger partial charge < -0.3 is 15.3 Å². The molecule has 4 heteroatoms. The molecule has 0 aromatic rings. The highest BCUT2D eigenvalue weighted by Gasteiger charge is 2.68. The van der Waals surface area contributed by atoms with Gasteiger partial charge in [-0.05, 0) is 104 Å². The van der Waals surface area contributed by atoms with Crippen molar-refractivity contribution in [1.82, 2.24) is 0 Å². The maximum Gasteiger partial charge on any atom is 0.303 e. The molecule has 4 aliphatic carbocycles. The van der Waals surface area contributed by atoms with Crippen molar-refractivity contribution < 1.29 is 20.1 Å². The van der Waals surface area contributed by atoms with Gasteiger partial charge in [-0.3, -0.25) is 4.79 Å². The molecule has 3 N–H and O–H groups in total. The van der Waals surface area contributed by atoms with Crippen LogP contribution in [0.3, 0.4) is 0 Å². The average molecular weight is 407 g/mol. The summed E-state index contributed by atoms with van der Waals surface area (Å²) >= 11 is 0. The van der Waals surface area contributed by atoms with Crippen molar-refractivity contribution in [2.24, 2.45) is 45.8 Å². The first-order chi connectivity index (χ1) is 13.5. The van der Waals surface area contributed by atoms with Crippen LogP contribution in [-0.4, -0.2) is 33.5 Å². The summed E-state index contributed by atoms with van der Waals surface area (Å²) in [4.78, 5) is 11.1. The highest BCUT2D eigenvalue weighted by molar-refractivity contribution is 5.66. The molecule has 0 aromatic heterocycles. The van der Waals surface area contributed by atoms with E-state index in [1.54, 1.807) is 0 Å². The maximum absolute atomic E-state index is 11.6. The van der Waals surface area contributed by atoms with E-state index < -0.39 is 5.97 Å². The number of hydrogen-bond donors (Lipinski definition) is 3. The molecule has 0 spiro atoms. The molecule has 4 aliphatic rings.